The van der Waals surface area contributed by atoms with E-state index in [1.165, 1.54) is 23.1 Å². The van der Waals surface area contributed by atoms with Gasteiger partial charge in [0.15, 0.2) is 11.6 Å². The minimum Gasteiger partial charge on any atom is -0.490 e. The zero-order valence-electron chi connectivity index (χ0n) is 17.4. The summed E-state index contributed by atoms with van der Waals surface area (Å²) in [6, 6.07) is 3.04. The summed E-state index contributed by atoms with van der Waals surface area (Å²) in [5, 5.41) is 9.28. The van der Waals surface area contributed by atoms with Gasteiger partial charge < -0.3 is 9.64 Å². The van der Waals surface area contributed by atoms with Crippen molar-refractivity contribution < 1.29 is 32.3 Å². The van der Waals surface area contributed by atoms with Crippen LogP contribution in [0.3, 0.4) is 0 Å². The van der Waals surface area contributed by atoms with E-state index in [0.29, 0.717) is 37.4 Å². The molecule has 1 saturated carbocycles. The fraction of sp³-hybridized carbons (Fsp3) is 0.600. The molecule has 0 unspecified atom stereocenters. The summed E-state index contributed by atoms with van der Waals surface area (Å²) in [5.41, 5.74) is 0.613. The predicted molar refractivity (Wildman–Crippen MR) is 109 cm³/mol. The Morgan fingerprint density at radius 1 is 1.26 bits per heavy atom. The van der Waals surface area contributed by atoms with E-state index in [9.17, 15) is 27.6 Å². The summed E-state index contributed by atoms with van der Waals surface area (Å²) in [4.78, 5) is 24.0. The van der Waals surface area contributed by atoms with Crippen LogP contribution in [0, 0.1) is 11.7 Å². The Bertz CT molecular complexity index is 921. The minimum absolute atomic E-state index is 0.0909. The van der Waals surface area contributed by atoms with E-state index in [0.717, 1.165) is 12.8 Å². The molecule has 3 rings (SSSR count). The summed E-state index contributed by atoms with van der Waals surface area (Å²) in [6.45, 7) is 2.25. The van der Waals surface area contributed by atoms with E-state index in [1.807, 2.05) is 0 Å². The highest BCUT2D eigenvalue weighted by molar-refractivity contribution is 7.89. The molecule has 31 heavy (non-hydrogen) atoms. The highest BCUT2D eigenvalue weighted by Gasteiger charge is 2.34. The van der Waals surface area contributed by atoms with Gasteiger partial charge in [-0.05, 0) is 56.2 Å². The molecule has 2 aliphatic rings. The van der Waals surface area contributed by atoms with E-state index in [2.05, 4.69) is 4.72 Å². The Morgan fingerprint density at radius 2 is 2.00 bits per heavy atom. The van der Waals surface area contributed by atoms with Crippen LogP contribution in [0.1, 0.15) is 50.6 Å². The zero-order valence-corrected chi connectivity index (χ0v) is 18.2. The number of hydrogen-bond donors (Lipinski definition) is 2. The van der Waals surface area contributed by atoms with Crippen LogP contribution in [0.25, 0.3) is 0 Å². The van der Waals surface area contributed by atoms with Crippen molar-refractivity contribution in [1.29, 1.82) is 0 Å². The van der Waals surface area contributed by atoms with Crippen LogP contribution in [0.4, 0.5) is 9.18 Å². The second-order valence-corrected chi connectivity index (χ2v) is 9.95. The summed E-state index contributed by atoms with van der Waals surface area (Å²) in [7, 11) is -3.56. The topological polar surface area (TPSA) is 116 Å². The van der Waals surface area contributed by atoms with E-state index >= 15 is 0 Å². The minimum atomic E-state index is -3.56. The van der Waals surface area contributed by atoms with E-state index in [-0.39, 0.29) is 29.7 Å². The standard InChI is InChI=1S/C20H28FN3O6S/c1-14(16-7-8-17(21)18(11-16)30-13-15-5-6-15)22-31(28,29)10-4-2-3-9-23-12-19(25)24(27)20(23)26/h7-8,11,14-15,22,27H,2-6,9-10,12-13H2,1H3/t14-/m1/s1. The van der Waals surface area contributed by atoms with Crippen molar-refractivity contribution in [1.82, 2.24) is 14.7 Å². The number of benzene rings is 1. The highest BCUT2D eigenvalue weighted by Crippen LogP contribution is 2.31. The van der Waals surface area contributed by atoms with Gasteiger partial charge >= 0.3 is 6.03 Å². The van der Waals surface area contributed by atoms with E-state index in [4.69, 9.17) is 4.74 Å². The zero-order chi connectivity index (χ0) is 22.6. The number of urea groups is 1. The molecular weight excluding hydrogens is 429 g/mol. The lowest BCUT2D eigenvalue weighted by Gasteiger charge is -2.17. The van der Waals surface area contributed by atoms with Crippen molar-refractivity contribution in [3.05, 3.63) is 29.6 Å². The number of nitrogens with zero attached hydrogens (tertiary/aromatic N) is 2. The molecular formula is C20H28FN3O6S. The third-order valence-electron chi connectivity index (χ3n) is 5.34. The van der Waals surface area contributed by atoms with Gasteiger partial charge in [0.2, 0.25) is 10.0 Å². The van der Waals surface area contributed by atoms with Crippen molar-refractivity contribution in [3.63, 3.8) is 0 Å². The maximum absolute atomic E-state index is 13.9. The van der Waals surface area contributed by atoms with Gasteiger partial charge in [0.05, 0.1) is 12.4 Å². The van der Waals surface area contributed by atoms with Crippen molar-refractivity contribution in [2.45, 2.75) is 45.1 Å². The molecule has 1 atom stereocenters. The first-order valence-corrected chi connectivity index (χ1v) is 12.0. The molecule has 172 valence electrons. The largest absolute Gasteiger partial charge is 0.490 e. The molecule has 1 heterocycles. The smallest absolute Gasteiger partial charge is 0.351 e. The molecule has 1 saturated heterocycles. The van der Waals surface area contributed by atoms with Gasteiger partial charge in [-0.15, -0.1) is 5.06 Å². The van der Waals surface area contributed by atoms with Crippen LogP contribution in [0.5, 0.6) is 5.75 Å². The molecule has 0 radical (unpaired) electrons. The Hall–Kier alpha value is -2.24. The number of sulfonamides is 1. The SMILES string of the molecule is C[C@@H](NS(=O)(=O)CCCCCN1CC(=O)N(O)C1=O)c1ccc(F)c(OCC2CC2)c1. The first kappa shape index (κ1) is 23.4. The number of halogens is 1. The summed E-state index contributed by atoms with van der Waals surface area (Å²) in [6.07, 6.45) is 3.60. The molecule has 2 fully saturated rings. The molecule has 0 spiro atoms. The number of hydrogen-bond acceptors (Lipinski definition) is 6. The van der Waals surface area contributed by atoms with Gasteiger partial charge in [-0.25, -0.2) is 22.3 Å². The van der Waals surface area contributed by atoms with Crippen molar-refractivity contribution in [2.75, 3.05) is 25.4 Å². The number of imide groups is 1. The van der Waals surface area contributed by atoms with E-state index in [1.54, 1.807) is 6.92 Å². The Labute approximate surface area is 181 Å². The van der Waals surface area contributed by atoms with Gasteiger partial charge in [-0.1, -0.05) is 12.5 Å². The van der Waals surface area contributed by atoms with Crippen LogP contribution >= 0.6 is 0 Å². The number of ether oxygens (including phenoxy) is 1. The van der Waals surface area contributed by atoms with E-state index < -0.39 is 33.8 Å². The molecule has 1 aliphatic heterocycles. The van der Waals surface area contributed by atoms with Crippen LogP contribution < -0.4 is 9.46 Å². The molecule has 1 aromatic carbocycles. The van der Waals surface area contributed by atoms with Crippen molar-refractivity contribution in [3.8, 4) is 5.75 Å². The lowest BCUT2D eigenvalue weighted by atomic mass is 10.1. The number of nitrogens with one attached hydrogen (secondary N) is 1. The molecule has 0 aromatic heterocycles. The second-order valence-electron chi connectivity index (χ2n) is 8.07. The van der Waals surface area contributed by atoms with Gasteiger partial charge in [0.1, 0.15) is 6.54 Å². The number of hydroxylamine groups is 2. The van der Waals surface area contributed by atoms with Gasteiger partial charge in [0.25, 0.3) is 5.91 Å². The predicted octanol–water partition coefficient (Wildman–Crippen LogP) is 2.42. The van der Waals surface area contributed by atoms with Crippen LogP contribution in [-0.4, -0.2) is 61.0 Å². The van der Waals surface area contributed by atoms with Crippen molar-refractivity contribution >= 4 is 22.0 Å². The Morgan fingerprint density at radius 3 is 2.65 bits per heavy atom. The lowest BCUT2D eigenvalue weighted by Crippen LogP contribution is -2.31. The quantitative estimate of drug-likeness (QED) is 0.283. The lowest BCUT2D eigenvalue weighted by molar-refractivity contribution is -0.146. The maximum atomic E-state index is 13.9. The average molecular weight is 458 g/mol. The average Bonchev–Trinajstić information content (AvgIpc) is 3.51. The van der Waals surface area contributed by atoms with Gasteiger partial charge in [-0.2, -0.15) is 0 Å². The fourth-order valence-electron chi connectivity index (χ4n) is 3.27. The third-order valence-corrected chi connectivity index (χ3v) is 6.88. The van der Waals surface area contributed by atoms with Gasteiger partial charge in [0, 0.05) is 12.6 Å². The molecule has 9 nitrogen and oxygen atoms in total. The van der Waals surface area contributed by atoms with Crippen LogP contribution in [-0.2, 0) is 14.8 Å². The Balaban J connectivity index is 1.42. The number of carbonyl (C=O) groups excluding carboxylic acids is 2. The second kappa shape index (κ2) is 9.92. The number of carbonyl (C=O) groups is 2. The first-order valence-electron chi connectivity index (χ1n) is 10.4. The molecule has 3 amide bonds. The monoisotopic (exact) mass is 457 g/mol. The summed E-state index contributed by atoms with van der Waals surface area (Å²) >= 11 is 0. The third kappa shape index (κ3) is 6.62. The molecule has 0 bridgehead atoms. The molecule has 1 aromatic rings. The molecule has 11 heteroatoms. The van der Waals surface area contributed by atoms with Crippen molar-refractivity contribution in [2.24, 2.45) is 5.92 Å². The van der Waals surface area contributed by atoms with Crippen LogP contribution in [0.15, 0.2) is 18.2 Å². The maximum Gasteiger partial charge on any atom is 0.351 e. The Kier molecular flexibility index (Phi) is 7.50. The van der Waals surface area contributed by atoms with Crippen LogP contribution in [0.2, 0.25) is 0 Å². The first-order chi connectivity index (χ1) is 14.7. The summed E-state index contributed by atoms with van der Waals surface area (Å²) < 4.78 is 46.8. The fourth-order valence-corrected chi connectivity index (χ4v) is 4.65. The molecule has 1 aliphatic carbocycles. The normalized spacial score (nSPS) is 18.0. The number of unbranched alkanes of at least 4 members (excludes halogenated alkanes) is 2. The van der Waals surface area contributed by atoms with Gasteiger partial charge in [-0.3, -0.25) is 10.0 Å². The highest BCUT2D eigenvalue weighted by atomic mass is 32.2. The number of rotatable bonds is 12. The number of amides is 3. The molecule has 2 N–H and O–H groups in total. The summed E-state index contributed by atoms with van der Waals surface area (Å²) in [5.74, 6) is -0.630.